The highest BCUT2D eigenvalue weighted by molar-refractivity contribution is 4.91. The first-order valence-corrected chi connectivity index (χ1v) is 2.94. The molecule has 0 N–H and O–H groups in total. The lowest BCUT2D eigenvalue weighted by molar-refractivity contribution is -0.150. The number of allylic oxidation sites excluding steroid dienone is 1. The van der Waals surface area contributed by atoms with E-state index >= 15 is 0 Å². The minimum Gasteiger partial charge on any atom is -0.204 e. The van der Waals surface area contributed by atoms with Gasteiger partial charge in [-0.3, -0.25) is 0 Å². The highest BCUT2D eigenvalue weighted by Gasteiger charge is 2.44. The molecule has 0 aliphatic heterocycles. The Labute approximate surface area is 62.2 Å². The summed E-state index contributed by atoms with van der Waals surface area (Å²) in [6, 6.07) is 0. The first-order valence-electron chi connectivity index (χ1n) is 2.94. The molecule has 11 heavy (non-hydrogen) atoms. The normalized spacial score (nSPS) is 14.4. The lowest BCUT2D eigenvalue weighted by atomic mass is 10.0. The largest absolute Gasteiger partial charge is 0.313 e. The van der Waals surface area contributed by atoms with Crippen molar-refractivity contribution in [3.63, 3.8) is 0 Å². The molecule has 0 aliphatic carbocycles. The molecule has 0 saturated carbocycles. The standard InChI is InChI=1S/C7H8F4/c1-3-4-5(2)7(10,11)6(8)9/h4-6H,1H2,2H3. The van der Waals surface area contributed by atoms with Crippen LogP contribution in [0.4, 0.5) is 17.6 Å². The summed E-state index contributed by atoms with van der Waals surface area (Å²) in [4.78, 5) is 0. The minimum atomic E-state index is -3.98. The van der Waals surface area contributed by atoms with Gasteiger partial charge in [-0.2, -0.15) is 8.78 Å². The van der Waals surface area contributed by atoms with E-state index in [9.17, 15) is 17.6 Å². The summed E-state index contributed by atoms with van der Waals surface area (Å²) in [6.45, 7) is 4.01. The monoisotopic (exact) mass is 168 g/mol. The predicted molar refractivity (Wildman–Crippen MR) is 33.8 cm³/mol. The SMILES string of the molecule is C=C=CC(C)C(F)(F)C(F)F. The lowest BCUT2D eigenvalue weighted by Crippen LogP contribution is -2.33. The molecule has 64 valence electrons. The molecule has 0 aromatic rings. The Morgan fingerprint density at radius 3 is 2.18 bits per heavy atom. The Bertz CT molecular complexity index is 167. The number of rotatable bonds is 3. The molecule has 1 unspecified atom stereocenters. The Kier molecular flexibility index (Phi) is 3.33. The number of hydrogen-bond donors (Lipinski definition) is 0. The van der Waals surface area contributed by atoms with Crippen LogP contribution in [0.25, 0.3) is 0 Å². The lowest BCUT2D eigenvalue weighted by Gasteiger charge is -2.18. The van der Waals surface area contributed by atoms with Gasteiger partial charge < -0.3 is 0 Å². The molecule has 0 radical (unpaired) electrons. The zero-order valence-corrected chi connectivity index (χ0v) is 5.95. The van der Waals surface area contributed by atoms with Crippen molar-refractivity contribution in [2.24, 2.45) is 5.92 Å². The summed E-state index contributed by atoms with van der Waals surface area (Å²) in [5, 5.41) is 0. The van der Waals surface area contributed by atoms with Gasteiger partial charge in [-0.05, 0) is 6.08 Å². The van der Waals surface area contributed by atoms with Gasteiger partial charge in [-0.15, -0.1) is 5.73 Å². The molecule has 0 amide bonds. The fourth-order valence-corrected chi connectivity index (χ4v) is 0.487. The van der Waals surface area contributed by atoms with E-state index in [4.69, 9.17) is 0 Å². The van der Waals surface area contributed by atoms with Crippen molar-refractivity contribution in [1.29, 1.82) is 0 Å². The molecule has 1 atom stereocenters. The average Bonchev–Trinajstić information content (AvgIpc) is 1.88. The fourth-order valence-electron chi connectivity index (χ4n) is 0.487. The Morgan fingerprint density at radius 1 is 1.45 bits per heavy atom. The van der Waals surface area contributed by atoms with Crippen molar-refractivity contribution in [3.8, 4) is 0 Å². The van der Waals surface area contributed by atoms with Gasteiger partial charge in [0.05, 0.1) is 5.92 Å². The van der Waals surface area contributed by atoms with Crippen LogP contribution in [0.3, 0.4) is 0 Å². The van der Waals surface area contributed by atoms with Gasteiger partial charge in [0, 0.05) is 0 Å². The maximum absolute atomic E-state index is 12.3. The second-order valence-corrected chi connectivity index (χ2v) is 2.13. The van der Waals surface area contributed by atoms with E-state index in [1.807, 2.05) is 5.73 Å². The van der Waals surface area contributed by atoms with Crippen LogP contribution in [-0.2, 0) is 0 Å². The predicted octanol–water partition coefficient (Wildman–Crippen LogP) is 2.86. The topological polar surface area (TPSA) is 0 Å². The highest BCUT2D eigenvalue weighted by Crippen LogP contribution is 2.31. The van der Waals surface area contributed by atoms with E-state index in [1.54, 1.807) is 0 Å². The fraction of sp³-hybridized carbons (Fsp3) is 0.571. The van der Waals surface area contributed by atoms with Crippen LogP contribution in [-0.4, -0.2) is 12.3 Å². The quantitative estimate of drug-likeness (QED) is 0.449. The van der Waals surface area contributed by atoms with E-state index in [1.165, 1.54) is 0 Å². The van der Waals surface area contributed by atoms with Crippen LogP contribution in [0.2, 0.25) is 0 Å². The molecule has 0 heterocycles. The average molecular weight is 168 g/mol. The summed E-state index contributed by atoms with van der Waals surface area (Å²) in [7, 11) is 0. The summed E-state index contributed by atoms with van der Waals surface area (Å²) >= 11 is 0. The zero-order valence-electron chi connectivity index (χ0n) is 5.95. The molecule has 0 saturated heterocycles. The third kappa shape index (κ3) is 2.39. The van der Waals surface area contributed by atoms with Crippen molar-refractivity contribution >= 4 is 0 Å². The molecule has 0 aromatic carbocycles. The molecule has 0 aromatic heterocycles. The third-order valence-corrected chi connectivity index (χ3v) is 1.27. The molecule has 0 fully saturated rings. The molecule has 0 rings (SSSR count). The van der Waals surface area contributed by atoms with Gasteiger partial charge in [0.25, 0.3) is 0 Å². The highest BCUT2D eigenvalue weighted by atomic mass is 19.3. The summed E-state index contributed by atoms with van der Waals surface area (Å²) in [5.74, 6) is -5.51. The van der Waals surface area contributed by atoms with Gasteiger partial charge in [-0.25, -0.2) is 8.78 Å². The van der Waals surface area contributed by atoms with Crippen molar-refractivity contribution in [2.75, 3.05) is 0 Å². The zero-order chi connectivity index (χ0) is 9.07. The van der Waals surface area contributed by atoms with Crippen molar-refractivity contribution in [1.82, 2.24) is 0 Å². The molecular weight excluding hydrogens is 160 g/mol. The van der Waals surface area contributed by atoms with Gasteiger partial charge in [-0.1, -0.05) is 13.5 Å². The first kappa shape index (κ1) is 10.2. The maximum Gasteiger partial charge on any atom is 0.313 e. The van der Waals surface area contributed by atoms with Crippen LogP contribution in [0.5, 0.6) is 0 Å². The molecule has 4 heteroatoms. The van der Waals surface area contributed by atoms with Crippen LogP contribution in [0.15, 0.2) is 18.4 Å². The Hall–Kier alpha value is -0.760. The molecule has 0 bridgehead atoms. The second kappa shape index (κ2) is 3.58. The minimum absolute atomic E-state index is 0.826. The van der Waals surface area contributed by atoms with E-state index in [0.717, 1.165) is 13.0 Å². The van der Waals surface area contributed by atoms with Gasteiger partial charge in [0.15, 0.2) is 0 Å². The van der Waals surface area contributed by atoms with Gasteiger partial charge in [0.2, 0.25) is 0 Å². The van der Waals surface area contributed by atoms with Crippen molar-refractivity contribution < 1.29 is 17.6 Å². The van der Waals surface area contributed by atoms with E-state index in [-0.39, 0.29) is 0 Å². The molecule has 0 spiro atoms. The molecule has 0 nitrogen and oxygen atoms in total. The second-order valence-electron chi connectivity index (χ2n) is 2.13. The van der Waals surface area contributed by atoms with Crippen LogP contribution in [0, 0.1) is 5.92 Å². The van der Waals surface area contributed by atoms with Gasteiger partial charge in [0.1, 0.15) is 0 Å². The van der Waals surface area contributed by atoms with Gasteiger partial charge >= 0.3 is 12.3 Å². The number of halogens is 4. The van der Waals surface area contributed by atoms with E-state index in [2.05, 4.69) is 6.58 Å². The van der Waals surface area contributed by atoms with E-state index in [0.29, 0.717) is 0 Å². The van der Waals surface area contributed by atoms with Crippen LogP contribution >= 0.6 is 0 Å². The maximum atomic E-state index is 12.3. The Balaban J connectivity index is 4.40. The molecule has 0 aliphatic rings. The van der Waals surface area contributed by atoms with Crippen LogP contribution in [0.1, 0.15) is 6.92 Å². The number of hydrogen-bond acceptors (Lipinski definition) is 0. The first-order chi connectivity index (χ1) is 4.92. The van der Waals surface area contributed by atoms with Crippen molar-refractivity contribution in [2.45, 2.75) is 19.3 Å². The Morgan fingerprint density at radius 2 is 1.91 bits per heavy atom. The van der Waals surface area contributed by atoms with E-state index < -0.39 is 18.3 Å². The van der Waals surface area contributed by atoms with Crippen LogP contribution < -0.4 is 0 Å². The van der Waals surface area contributed by atoms with Crippen molar-refractivity contribution in [3.05, 3.63) is 18.4 Å². The third-order valence-electron chi connectivity index (χ3n) is 1.27. The smallest absolute Gasteiger partial charge is 0.204 e. The summed E-state index contributed by atoms with van der Waals surface area (Å²) in [6.07, 6.45) is -2.81. The number of alkyl halides is 4. The molecular formula is C7H8F4. The summed E-state index contributed by atoms with van der Waals surface area (Å²) < 4.78 is 47.7. The summed E-state index contributed by atoms with van der Waals surface area (Å²) in [5.41, 5.74) is 2.04.